The summed E-state index contributed by atoms with van der Waals surface area (Å²) >= 11 is 0. The maximum atomic E-state index is 11.1. The molecule has 0 saturated carbocycles. The maximum Gasteiger partial charge on any atom is 0.336 e. The first-order chi connectivity index (χ1) is 6.67. The van der Waals surface area contributed by atoms with E-state index in [2.05, 4.69) is 8.91 Å². The van der Waals surface area contributed by atoms with Gasteiger partial charge in [0.2, 0.25) is 0 Å². The van der Waals surface area contributed by atoms with Crippen LogP contribution in [0.25, 0.3) is 0 Å². The molecule has 0 amide bonds. The Hall–Kier alpha value is -0.910. The van der Waals surface area contributed by atoms with Crippen LogP contribution >= 0.6 is 0 Å². The van der Waals surface area contributed by atoms with E-state index in [4.69, 9.17) is 0 Å². The summed E-state index contributed by atoms with van der Waals surface area (Å²) in [6.07, 6.45) is 0.670. The summed E-state index contributed by atoms with van der Waals surface area (Å²) in [7, 11) is -3.53. The molecule has 0 spiro atoms. The van der Waals surface area contributed by atoms with Crippen molar-refractivity contribution in [3.05, 3.63) is 35.9 Å². The third-order valence-electron chi connectivity index (χ3n) is 2.13. The highest BCUT2D eigenvalue weighted by Crippen LogP contribution is 2.21. The van der Waals surface area contributed by atoms with Crippen LogP contribution in [0.4, 0.5) is 0 Å². The van der Waals surface area contributed by atoms with Gasteiger partial charge >= 0.3 is 10.3 Å². The predicted octanol–water partition coefficient (Wildman–Crippen LogP) is 0.982. The third kappa shape index (κ3) is 2.12. The van der Waals surface area contributed by atoms with Crippen molar-refractivity contribution in [3.8, 4) is 0 Å². The van der Waals surface area contributed by atoms with Crippen molar-refractivity contribution in [1.29, 1.82) is 0 Å². The van der Waals surface area contributed by atoms with E-state index in [1.165, 1.54) is 0 Å². The lowest BCUT2D eigenvalue weighted by atomic mass is 10.1. The topological polar surface area (TPSA) is 55.4 Å². The summed E-state index contributed by atoms with van der Waals surface area (Å²) < 4.78 is 29.2. The normalized spacial score (nSPS) is 25.9. The highest BCUT2D eigenvalue weighted by atomic mass is 32.2. The maximum absolute atomic E-state index is 11.1. The molecule has 1 atom stereocenters. The highest BCUT2D eigenvalue weighted by Gasteiger charge is 2.24. The van der Waals surface area contributed by atoms with Crippen LogP contribution in [-0.2, 0) is 14.5 Å². The summed E-state index contributed by atoms with van der Waals surface area (Å²) in [6, 6.07) is 9.32. The zero-order valence-electron chi connectivity index (χ0n) is 7.51. The van der Waals surface area contributed by atoms with Gasteiger partial charge in [-0.05, 0) is 12.0 Å². The Labute approximate surface area is 83.2 Å². The Morgan fingerprint density at radius 2 is 2.00 bits per heavy atom. The summed E-state index contributed by atoms with van der Waals surface area (Å²) in [5.74, 6) is 0. The van der Waals surface area contributed by atoms with Crippen molar-refractivity contribution in [3.63, 3.8) is 0 Å². The van der Waals surface area contributed by atoms with Gasteiger partial charge in [0, 0.05) is 0 Å². The molecule has 0 aliphatic carbocycles. The van der Waals surface area contributed by atoms with Crippen LogP contribution in [0.15, 0.2) is 30.3 Å². The van der Waals surface area contributed by atoms with E-state index >= 15 is 0 Å². The quantitative estimate of drug-likeness (QED) is 0.756. The molecule has 1 saturated heterocycles. The van der Waals surface area contributed by atoms with Crippen LogP contribution in [0, 0.1) is 0 Å². The molecular formula is C9H11NO3S. The Bertz CT molecular complexity index is 401. The second-order valence-corrected chi connectivity index (χ2v) is 4.53. The number of benzene rings is 1. The van der Waals surface area contributed by atoms with Gasteiger partial charge in [0.15, 0.2) is 0 Å². The number of hydrogen-bond donors (Lipinski definition) is 1. The van der Waals surface area contributed by atoms with E-state index in [-0.39, 0.29) is 12.6 Å². The van der Waals surface area contributed by atoms with Gasteiger partial charge in [-0.1, -0.05) is 30.3 Å². The average Bonchev–Trinajstić information content (AvgIpc) is 2.18. The molecule has 0 aromatic heterocycles. The number of hydrogen-bond acceptors (Lipinski definition) is 3. The molecule has 0 radical (unpaired) electrons. The first-order valence-electron chi connectivity index (χ1n) is 4.39. The molecule has 1 aromatic rings. The van der Waals surface area contributed by atoms with Gasteiger partial charge in [-0.25, -0.2) is 0 Å². The van der Waals surface area contributed by atoms with Crippen molar-refractivity contribution in [1.82, 2.24) is 4.72 Å². The summed E-state index contributed by atoms with van der Waals surface area (Å²) in [6.45, 7) is 0.245. The Morgan fingerprint density at radius 1 is 1.29 bits per heavy atom. The molecule has 1 aliphatic rings. The second-order valence-electron chi connectivity index (χ2n) is 3.15. The number of nitrogens with one attached hydrogen (secondary N) is 1. The molecule has 0 unspecified atom stereocenters. The second kappa shape index (κ2) is 3.68. The molecule has 5 heteroatoms. The van der Waals surface area contributed by atoms with Crippen molar-refractivity contribution in [2.75, 3.05) is 6.61 Å². The van der Waals surface area contributed by atoms with Gasteiger partial charge in [-0.15, -0.1) is 0 Å². The predicted molar refractivity (Wildman–Crippen MR) is 51.8 cm³/mol. The van der Waals surface area contributed by atoms with Crippen molar-refractivity contribution in [2.24, 2.45) is 0 Å². The van der Waals surface area contributed by atoms with Crippen LogP contribution in [0.3, 0.4) is 0 Å². The van der Waals surface area contributed by atoms with Gasteiger partial charge in [0.1, 0.15) is 0 Å². The molecule has 0 bridgehead atoms. The summed E-state index contributed by atoms with van der Waals surface area (Å²) in [5, 5.41) is 0. The number of rotatable bonds is 1. The first kappa shape index (κ1) is 9.64. The molecule has 4 nitrogen and oxygen atoms in total. The van der Waals surface area contributed by atoms with E-state index in [0.717, 1.165) is 5.56 Å². The van der Waals surface area contributed by atoms with Gasteiger partial charge < -0.3 is 0 Å². The Balaban J connectivity index is 2.21. The van der Waals surface area contributed by atoms with Crippen LogP contribution in [-0.4, -0.2) is 15.0 Å². The lowest BCUT2D eigenvalue weighted by Gasteiger charge is -2.23. The third-order valence-corrected chi connectivity index (χ3v) is 3.18. The minimum absolute atomic E-state index is 0.157. The minimum atomic E-state index is -3.53. The minimum Gasteiger partial charge on any atom is -0.258 e. The van der Waals surface area contributed by atoms with Crippen LogP contribution in [0.2, 0.25) is 0 Å². The fourth-order valence-corrected chi connectivity index (χ4v) is 2.45. The highest BCUT2D eigenvalue weighted by molar-refractivity contribution is 7.84. The van der Waals surface area contributed by atoms with Crippen LogP contribution in [0.1, 0.15) is 18.0 Å². The molecule has 1 heterocycles. The molecular weight excluding hydrogens is 202 g/mol. The van der Waals surface area contributed by atoms with E-state index in [1.54, 1.807) is 0 Å². The molecule has 1 aromatic carbocycles. The van der Waals surface area contributed by atoms with Crippen molar-refractivity contribution < 1.29 is 12.6 Å². The monoisotopic (exact) mass is 213 g/mol. The SMILES string of the molecule is O=S1(=O)N[C@@H](c2ccccc2)CCO1. The average molecular weight is 213 g/mol. The van der Waals surface area contributed by atoms with Gasteiger partial charge in [-0.3, -0.25) is 4.18 Å². The lowest BCUT2D eigenvalue weighted by Crippen LogP contribution is -2.36. The smallest absolute Gasteiger partial charge is 0.258 e. The molecule has 2 rings (SSSR count). The fraction of sp³-hybridized carbons (Fsp3) is 0.333. The van der Waals surface area contributed by atoms with Crippen LogP contribution < -0.4 is 4.72 Å². The molecule has 1 aliphatic heterocycles. The van der Waals surface area contributed by atoms with E-state index in [0.29, 0.717) is 6.42 Å². The summed E-state index contributed by atoms with van der Waals surface area (Å²) in [5.41, 5.74) is 0.972. The van der Waals surface area contributed by atoms with Crippen molar-refractivity contribution in [2.45, 2.75) is 12.5 Å². The molecule has 1 fully saturated rings. The van der Waals surface area contributed by atoms with Crippen molar-refractivity contribution >= 4 is 10.3 Å². The Morgan fingerprint density at radius 3 is 2.64 bits per heavy atom. The largest absolute Gasteiger partial charge is 0.336 e. The fourth-order valence-electron chi connectivity index (χ4n) is 1.46. The Kier molecular flexibility index (Phi) is 2.54. The van der Waals surface area contributed by atoms with Crippen LogP contribution in [0.5, 0.6) is 0 Å². The lowest BCUT2D eigenvalue weighted by molar-refractivity contribution is 0.257. The molecule has 76 valence electrons. The van der Waals surface area contributed by atoms with Gasteiger partial charge in [0.05, 0.1) is 12.6 Å². The zero-order chi connectivity index (χ0) is 10.0. The van der Waals surface area contributed by atoms with Gasteiger partial charge in [-0.2, -0.15) is 13.1 Å². The van der Waals surface area contributed by atoms with E-state index < -0.39 is 10.3 Å². The van der Waals surface area contributed by atoms with E-state index in [9.17, 15) is 8.42 Å². The molecule has 14 heavy (non-hydrogen) atoms. The van der Waals surface area contributed by atoms with Gasteiger partial charge in [0.25, 0.3) is 0 Å². The first-order valence-corrected chi connectivity index (χ1v) is 5.80. The summed E-state index contributed by atoms with van der Waals surface area (Å²) in [4.78, 5) is 0. The molecule has 1 N–H and O–H groups in total. The standard InChI is InChI=1S/C9H11NO3S/c11-14(12)10-9(6-7-13-14)8-4-2-1-3-5-8/h1-5,9-10H,6-7H2/t9-/m1/s1. The zero-order valence-corrected chi connectivity index (χ0v) is 8.33. The van der Waals surface area contributed by atoms with E-state index in [1.807, 2.05) is 30.3 Å².